The van der Waals surface area contributed by atoms with Crippen molar-refractivity contribution in [1.29, 1.82) is 0 Å². The van der Waals surface area contributed by atoms with Crippen LogP contribution in [0, 0.1) is 6.92 Å². The number of rotatable bonds is 15. The number of anilines is 1. The van der Waals surface area contributed by atoms with Crippen molar-refractivity contribution in [3.8, 4) is 5.75 Å². The van der Waals surface area contributed by atoms with Crippen molar-refractivity contribution in [2.75, 3.05) is 17.5 Å². The molecule has 2 amide bonds. The second kappa shape index (κ2) is 16.6. The van der Waals surface area contributed by atoms with Gasteiger partial charge in [0.2, 0.25) is 11.8 Å². The minimum atomic E-state index is -4.21. The summed E-state index contributed by atoms with van der Waals surface area (Å²) in [6.45, 7) is 7.76. The van der Waals surface area contributed by atoms with Crippen LogP contribution in [0.15, 0.2) is 112 Å². The molecule has 8 nitrogen and oxygen atoms in total. The van der Waals surface area contributed by atoms with Gasteiger partial charge in [0.1, 0.15) is 18.3 Å². The second-order valence-corrected chi connectivity index (χ2v) is 14.2. The predicted octanol–water partition coefficient (Wildman–Crippen LogP) is 6.91. The number of amides is 2. The average Bonchev–Trinajstić information content (AvgIpc) is 3.06. The first-order valence-electron chi connectivity index (χ1n) is 15.7. The molecule has 0 aliphatic carbocycles. The van der Waals surface area contributed by atoms with Crippen LogP contribution in [-0.4, -0.2) is 50.4 Å². The molecule has 2 atom stereocenters. The molecule has 0 saturated heterocycles. The molecule has 10 heteroatoms. The van der Waals surface area contributed by atoms with Crippen molar-refractivity contribution in [3.05, 3.63) is 124 Å². The highest BCUT2D eigenvalue weighted by Crippen LogP contribution is 2.28. The van der Waals surface area contributed by atoms with Crippen molar-refractivity contribution in [2.24, 2.45) is 0 Å². The van der Waals surface area contributed by atoms with Crippen molar-refractivity contribution in [1.82, 2.24) is 10.2 Å². The van der Waals surface area contributed by atoms with Crippen molar-refractivity contribution < 1.29 is 22.7 Å². The van der Waals surface area contributed by atoms with Gasteiger partial charge >= 0.3 is 0 Å². The Labute approximate surface area is 286 Å². The average molecular weight is 721 g/mol. The highest BCUT2D eigenvalue weighted by Gasteiger charge is 2.35. The molecule has 47 heavy (non-hydrogen) atoms. The van der Waals surface area contributed by atoms with Crippen LogP contribution in [0.25, 0.3) is 0 Å². The maximum Gasteiger partial charge on any atom is 0.264 e. The van der Waals surface area contributed by atoms with Gasteiger partial charge in [0.05, 0.1) is 17.2 Å². The Morgan fingerprint density at radius 2 is 1.53 bits per heavy atom. The smallest absolute Gasteiger partial charge is 0.264 e. The maximum atomic E-state index is 14.6. The SMILES string of the molecule is CCOc1ccc(N(CC(=O)N(Cc2cccc(C)c2)[C@@H](Cc2ccccc2)C(=O)N[C@@H](C)CC)S(=O)(=O)c2ccc(Br)cc2)cc1. The Morgan fingerprint density at radius 1 is 0.872 bits per heavy atom. The standard InChI is InChI=1S/C37H42BrN3O5S/c1-5-28(4)39-37(43)35(24-29-12-8-7-9-13-29)40(25-30-14-10-11-27(3)23-30)36(42)26-41(32-17-19-33(20-18-32)46-6-2)47(44,45)34-21-15-31(38)16-22-34/h7-23,28,35H,5-6,24-26H2,1-4H3,(H,39,43)/t28-,35-/m0/s1. The highest BCUT2D eigenvalue weighted by atomic mass is 79.9. The summed E-state index contributed by atoms with van der Waals surface area (Å²) in [5.74, 6) is -0.233. The molecule has 0 unspecified atom stereocenters. The van der Waals surface area contributed by atoms with Crippen LogP contribution in [0.1, 0.15) is 43.9 Å². The maximum absolute atomic E-state index is 14.6. The van der Waals surface area contributed by atoms with Crippen LogP contribution in [0.5, 0.6) is 5.75 Å². The lowest BCUT2D eigenvalue weighted by Crippen LogP contribution is -2.54. The zero-order valence-corrected chi connectivity index (χ0v) is 29.6. The number of halogens is 1. The first-order valence-corrected chi connectivity index (χ1v) is 18.0. The van der Waals surface area contributed by atoms with Gasteiger partial charge in [0.15, 0.2) is 0 Å². The van der Waals surface area contributed by atoms with E-state index < -0.39 is 28.5 Å². The highest BCUT2D eigenvalue weighted by molar-refractivity contribution is 9.10. The van der Waals surface area contributed by atoms with Crippen LogP contribution in [0.2, 0.25) is 0 Å². The Balaban J connectivity index is 1.81. The lowest BCUT2D eigenvalue weighted by Gasteiger charge is -2.34. The molecular weight excluding hydrogens is 678 g/mol. The molecule has 0 heterocycles. The third kappa shape index (κ3) is 9.68. The van der Waals surface area contributed by atoms with E-state index in [4.69, 9.17) is 4.74 Å². The fourth-order valence-electron chi connectivity index (χ4n) is 5.14. The first kappa shape index (κ1) is 35.7. The Morgan fingerprint density at radius 3 is 2.15 bits per heavy atom. The molecule has 0 saturated carbocycles. The van der Waals surface area contributed by atoms with Gasteiger partial charge in [-0.1, -0.05) is 83.0 Å². The summed E-state index contributed by atoms with van der Waals surface area (Å²) in [6.07, 6.45) is 0.968. The summed E-state index contributed by atoms with van der Waals surface area (Å²) < 4.78 is 35.9. The van der Waals surface area contributed by atoms with E-state index >= 15 is 0 Å². The molecule has 0 fully saturated rings. The van der Waals surface area contributed by atoms with E-state index in [0.29, 0.717) is 24.5 Å². The lowest BCUT2D eigenvalue weighted by molar-refractivity contribution is -0.140. The van der Waals surface area contributed by atoms with Crippen LogP contribution < -0.4 is 14.4 Å². The number of hydrogen-bond acceptors (Lipinski definition) is 5. The fourth-order valence-corrected chi connectivity index (χ4v) is 6.82. The van der Waals surface area contributed by atoms with Crippen LogP contribution >= 0.6 is 15.9 Å². The normalized spacial score (nSPS) is 12.5. The van der Waals surface area contributed by atoms with E-state index in [1.807, 2.05) is 82.3 Å². The Bertz CT molecular complexity index is 1730. The summed E-state index contributed by atoms with van der Waals surface area (Å²) in [4.78, 5) is 30.1. The molecule has 1 N–H and O–H groups in total. The molecule has 4 aromatic carbocycles. The molecular formula is C37H42BrN3O5S. The van der Waals surface area contributed by atoms with E-state index in [-0.39, 0.29) is 29.8 Å². The molecule has 248 valence electrons. The van der Waals surface area contributed by atoms with E-state index in [9.17, 15) is 18.0 Å². The van der Waals surface area contributed by atoms with Gasteiger partial charge < -0.3 is 15.0 Å². The molecule has 4 rings (SSSR count). The molecule has 0 aliphatic heterocycles. The van der Waals surface area contributed by atoms with Gasteiger partial charge in [0.25, 0.3) is 10.0 Å². The first-order chi connectivity index (χ1) is 22.5. The largest absolute Gasteiger partial charge is 0.494 e. The van der Waals surface area contributed by atoms with Crippen molar-refractivity contribution >= 4 is 43.5 Å². The van der Waals surface area contributed by atoms with Gasteiger partial charge in [-0.15, -0.1) is 0 Å². The van der Waals surface area contributed by atoms with Crippen LogP contribution in [0.4, 0.5) is 5.69 Å². The minimum absolute atomic E-state index is 0.0305. The zero-order valence-electron chi connectivity index (χ0n) is 27.2. The van der Waals surface area contributed by atoms with Crippen molar-refractivity contribution in [2.45, 2.75) is 64.1 Å². The lowest BCUT2D eigenvalue weighted by atomic mass is 10.0. The predicted molar refractivity (Wildman–Crippen MR) is 190 cm³/mol. The van der Waals surface area contributed by atoms with Crippen LogP contribution in [0.3, 0.4) is 0 Å². The molecule has 0 radical (unpaired) electrons. The van der Waals surface area contributed by atoms with E-state index in [0.717, 1.165) is 25.5 Å². The Kier molecular flexibility index (Phi) is 12.6. The van der Waals surface area contributed by atoms with Gasteiger partial charge in [-0.3, -0.25) is 13.9 Å². The van der Waals surface area contributed by atoms with Crippen molar-refractivity contribution in [3.63, 3.8) is 0 Å². The number of benzene rings is 4. The van der Waals surface area contributed by atoms with Gasteiger partial charge in [-0.05, 0) is 86.8 Å². The number of sulfonamides is 1. The van der Waals surface area contributed by atoms with Gasteiger partial charge in [-0.2, -0.15) is 0 Å². The quantitative estimate of drug-likeness (QED) is 0.144. The number of nitrogens with one attached hydrogen (secondary N) is 1. The summed E-state index contributed by atoms with van der Waals surface area (Å²) in [5.41, 5.74) is 3.01. The van der Waals surface area contributed by atoms with Gasteiger partial charge in [0, 0.05) is 23.5 Å². The summed E-state index contributed by atoms with van der Waals surface area (Å²) >= 11 is 3.37. The zero-order chi connectivity index (χ0) is 34.0. The number of ether oxygens (including phenoxy) is 1. The molecule has 0 spiro atoms. The Hall–Kier alpha value is -4.15. The summed E-state index contributed by atoms with van der Waals surface area (Å²) in [7, 11) is -4.21. The number of nitrogens with zero attached hydrogens (tertiary/aromatic N) is 2. The van der Waals surface area contributed by atoms with E-state index in [1.165, 1.54) is 17.0 Å². The monoisotopic (exact) mass is 719 g/mol. The summed E-state index contributed by atoms with van der Waals surface area (Å²) in [6, 6.07) is 29.1. The minimum Gasteiger partial charge on any atom is -0.494 e. The second-order valence-electron chi connectivity index (χ2n) is 11.4. The molecule has 0 aliphatic rings. The molecule has 0 aromatic heterocycles. The number of carbonyl (C=O) groups excluding carboxylic acids is 2. The number of aryl methyl sites for hydroxylation is 1. The van der Waals surface area contributed by atoms with Gasteiger partial charge in [-0.25, -0.2) is 8.42 Å². The molecule has 4 aromatic rings. The number of hydrogen-bond donors (Lipinski definition) is 1. The molecule has 0 bridgehead atoms. The number of carbonyl (C=O) groups is 2. The third-order valence-electron chi connectivity index (χ3n) is 7.82. The fraction of sp³-hybridized carbons (Fsp3) is 0.297. The topological polar surface area (TPSA) is 96.0 Å². The van der Waals surface area contributed by atoms with E-state index in [2.05, 4.69) is 21.2 Å². The third-order valence-corrected chi connectivity index (χ3v) is 10.1. The summed E-state index contributed by atoms with van der Waals surface area (Å²) in [5, 5.41) is 3.06. The van der Waals surface area contributed by atoms with Crippen LogP contribution in [-0.2, 0) is 32.6 Å². The van der Waals surface area contributed by atoms with E-state index in [1.54, 1.807) is 36.4 Å².